The molecular weight excluding hydrogens is 492 g/mol. The summed E-state index contributed by atoms with van der Waals surface area (Å²) in [5, 5.41) is 0. The molecule has 1 aliphatic heterocycles. The predicted octanol–water partition coefficient (Wildman–Crippen LogP) is 3.15. The minimum absolute atomic E-state index is 0.344. The van der Waals surface area contributed by atoms with Crippen LogP contribution in [0.1, 0.15) is 22.3 Å². The van der Waals surface area contributed by atoms with Gasteiger partial charge in [-0.15, -0.1) is 0 Å². The fourth-order valence-corrected chi connectivity index (χ4v) is 4.54. The molecule has 1 saturated heterocycles. The van der Waals surface area contributed by atoms with E-state index >= 15 is 0 Å². The molecule has 0 aromatic heterocycles. The van der Waals surface area contributed by atoms with Gasteiger partial charge in [-0.1, -0.05) is 0 Å². The van der Waals surface area contributed by atoms with Crippen molar-refractivity contribution in [3.8, 4) is 34.5 Å². The first-order valence-corrected chi connectivity index (χ1v) is 12.7. The highest BCUT2D eigenvalue weighted by Crippen LogP contribution is 2.39. The van der Waals surface area contributed by atoms with Crippen LogP contribution in [0.15, 0.2) is 24.3 Å². The first-order chi connectivity index (χ1) is 18.5. The van der Waals surface area contributed by atoms with Gasteiger partial charge in [-0.05, 0) is 42.7 Å². The first kappa shape index (κ1) is 29.2. The summed E-state index contributed by atoms with van der Waals surface area (Å²) in [5.74, 6) is 2.83. The van der Waals surface area contributed by atoms with E-state index in [-0.39, 0.29) is 0 Å². The average molecular weight is 533 g/mol. The van der Waals surface area contributed by atoms with E-state index < -0.39 is 5.97 Å². The number of esters is 1. The Morgan fingerprint density at radius 1 is 0.658 bits per heavy atom. The van der Waals surface area contributed by atoms with Crippen molar-refractivity contribution in [2.24, 2.45) is 0 Å². The largest absolute Gasteiger partial charge is 0.493 e. The van der Waals surface area contributed by atoms with Gasteiger partial charge in [-0.3, -0.25) is 0 Å². The molecule has 10 nitrogen and oxygen atoms in total. The van der Waals surface area contributed by atoms with E-state index in [4.69, 9.17) is 33.2 Å². The van der Waals surface area contributed by atoms with Gasteiger partial charge in [0.25, 0.3) is 0 Å². The number of hydrogen-bond donors (Lipinski definition) is 0. The Bertz CT molecular complexity index is 1000. The zero-order valence-electron chi connectivity index (χ0n) is 23.3. The Kier molecular flexibility index (Phi) is 11.2. The molecule has 1 aliphatic rings. The molecule has 210 valence electrons. The van der Waals surface area contributed by atoms with Gasteiger partial charge in [-0.25, -0.2) is 4.79 Å². The minimum atomic E-state index is -0.416. The van der Waals surface area contributed by atoms with Crippen LogP contribution in [0.4, 0.5) is 0 Å². The van der Waals surface area contributed by atoms with Crippen molar-refractivity contribution in [3.05, 3.63) is 35.4 Å². The van der Waals surface area contributed by atoms with Gasteiger partial charge in [0.15, 0.2) is 23.0 Å². The summed E-state index contributed by atoms with van der Waals surface area (Å²) in [6, 6.07) is 7.22. The summed E-state index contributed by atoms with van der Waals surface area (Å²) in [6.45, 7) is 6.14. The SMILES string of the molecule is COc1cc(CCN2CCN(CCCOC(=O)c3cc(OC)c(OC)c(OC)c3)CC2)cc(OC)c1OC. The molecule has 1 heterocycles. The molecule has 0 atom stereocenters. The van der Waals surface area contributed by atoms with Crippen LogP contribution < -0.4 is 28.4 Å². The van der Waals surface area contributed by atoms with E-state index in [9.17, 15) is 4.79 Å². The lowest BCUT2D eigenvalue weighted by atomic mass is 10.1. The van der Waals surface area contributed by atoms with Crippen molar-refractivity contribution in [2.75, 3.05) is 88.5 Å². The molecule has 0 spiro atoms. The van der Waals surface area contributed by atoms with Crippen molar-refractivity contribution < 1.29 is 38.0 Å². The lowest BCUT2D eigenvalue weighted by Crippen LogP contribution is -2.47. The molecule has 0 amide bonds. The second-order valence-corrected chi connectivity index (χ2v) is 8.87. The van der Waals surface area contributed by atoms with Crippen LogP contribution in [-0.2, 0) is 11.2 Å². The van der Waals surface area contributed by atoms with E-state index in [0.717, 1.165) is 57.7 Å². The maximum absolute atomic E-state index is 12.6. The summed E-state index contributed by atoms with van der Waals surface area (Å²) in [7, 11) is 9.43. The highest BCUT2D eigenvalue weighted by Gasteiger charge is 2.20. The summed E-state index contributed by atoms with van der Waals surface area (Å²) in [4.78, 5) is 17.4. The Labute approximate surface area is 225 Å². The van der Waals surface area contributed by atoms with Gasteiger partial charge in [0.1, 0.15) is 0 Å². The summed E-state index contributed by atoms with van der Waals surface area (Å²) < 4.78 is 37.8. The van der Waals surface area contributed by atoms with E-state index in [2.05, 4.69) is 9.80 Å². The third-order valence-electron chi connectivity index (χ3n) is 6.66. The van der Waals surface area contributed by atoms with Crippen molar-refractivity contribution in [2.45, 2.75) is 12.8 Å². The number of piperazine rings is 1. The first-order valence-electron chi connectivity index (χ1n) is 12.7. The van der Waals surface area contributed by atoms with Crippen molar-refractivity contribution >= 4 is 5.97 Å². The third-order valence-corrected chi connectivity index (χ3v) is 6.66. The van der Waals surface area contributed by atoms with Crippen LogP contribution in [0.2, 0.25) is 0 Å². The second-order valence-electron chi connectivity index (χ2n) is 8.87. The zero-order chi connectivity index (χ0) is 27.5. The number of carbonyl (C=O) groups excluding carboxylic acids is 1. The van der Waals surface area contributed by atoms with Gasteiger partial charge in [0.05, 0.1) is 54.8 Å². The molecule has 2 aromatic rings. The monoisotopic (exact) mass is 532 g/mol. The highest BCUT2D eigenvalue weighted by atomic mass is 16.5. The normalized spacial score (nSPS) is 14.1. The summed E-state index contributed by atoms with van der Waals surface area (Å²) >= 11 is 0. The van der Waals surface area contributed by atoms with Crippen molar-refractivity contribution in [1.29, 1.82) is 0 Å². The predicted molar refractivity (Wildman–Crippen MR) is 144 cm³/mol. The molecule has 10 heteroatoms. The quantitative estimate of drug-likeness (QED) is 0.267. The van der Waals surface area contributed by atoms with Crippen LogP contribution in [0.25, 0.3) is 0 Å². The van der Waals surface area contributed by atoms with Crippen molar-refractivity contribution in [1.82, 2.24) is 9.80 Å². The molecular formula is C28H40N2O8. The lowest BCUT2D eigenvalue weighted by Gasteiger charge is -2.34. The molecule has 0 unspecified atom stereocenters. The smallest absolute Gasteiger partial charge is 0.338 e. The number of hydrogen-bond acceptors (Lipinski definition) is 10. The van der Waals surface area contributed by atoms with E-state index in [0.29, 0.717) is 46.7 Å². The maximum atomic E-state index is 12.6. The number of rotatable bonds is 14. The van der Waals surface area contributed by atoms with Gasteiger partial charge in [-0.2, -0.15) is 0 Å². The Morgan fingerprint density at radius 3 is 1.55 bits per heavy atom. The number of nitrogens with zero attached hydrogens (tertiary/aromatic N) is 2. The molecule has 3 rings (SSSR count). The van der Waals surface area contributed by atoms with E-state index in [1.165, 1.54) is 21.3 Å². The number of methoxy groups -OCH3 is 6. The molecule has 0 bridgehead atoms. The standard InChI is InChI=1S/C28H40N2O8/c1-32-22-16-20(17-23(33-2)26(22)36-5)8-10-30-13-11-29(12-14-30)9-7-15-38-28(31)21-18-24(34-3)27(37-6)25(19-21)35-4/h16-19H,7-15H2,1-6H3. The van der Waals surface area contributed by atoms with Gasteiger partial charge in [0.2, 0.25) is 11.5 Å². The topological polar surface area (TPSA) is 88.2 Å². The summed E-state index contributed by atoms with van der Waals surface area (Å²) in [6.07, 6.45) is 1.66. The fourth-order valence-electron chi connectivity index (χ4n) is 4.54. The van der Waals surface area contributed by atoms with E-state index in [1.54, 1.807) is 33.5 Å². The van der Waals surface area contributed by atoms with Gasteiger partial charge in [0, 0.05) is 39.3 Å². The molecule has 0 saturated carbocycles. The lowest BCUT2D eigenvalue weighted by molar-refractivity contribution is 0.0476. The molecule has 0 N–H and O–H groups in total. The van der Waals surface area contributed by atoms with Crippen LogP contribution in [0, 0.1) is 0 Å². The van der Waals surface area contributed by atoms with E-state index in [1.807, 2.05) is 12.1 Å². The Balaban J connectivity index is 1.40. The average Bonchev–Trinajstić information content (AvgIpc) is 2.97. The van der Waals surface area contributed by atoms with Gasteiger partial charge >= 0.3 is 5.97 Å². The number of carbonyl (C=O) groups is 1. The molecule has 0 radical (unpaired) electrons. The molecule has 38 heavy (non-hydrogen) atoms. The van der Waals surface area contributed by atoms with Crippen LogP contribution in [-0.4, -0.2) is 104 Å². The number of benzene rings is 2. The Morgan fingerprint density at radius 2 is 1.11 bits per heavy atom. The zero-order valence-corrected chi connectivity index (χ0v) is 23.3. The van der Waals surface area contributed by atoms with Crippen LogP contribution >= 0.6 is 0 Å². The molecule has 2 aromatic carbocycles. The molecule has 1 fully saturated rings. The number of ether oxygens (including phenoxy) is 7. The fraction of sp³-hybridized carbons (Fsp3) is 0.536. The van der Waals surface area contributed by atoms with Crippen LogP contribution in [0.3, 0.4) is 0 Å². The summed E-state index contributed by atoms with van der Waals surface area (Å²) in [5.41, 5.74) is 1.51. The van der Waals surface area contributed by atoms with Crippen LogP contribution in [0.5, 0.6) is 34.5 Å². The van der Waals surface area contributed by atoms with Gasteiger partial charge < -0.3 is 43.0 Å². The Hall–Kier alpha value is -3.37. The highest BCUT2D eigenvalue weighted by molar-refractivity contribution is 5.91. The maximum Gasteiger partial charge on any atom is 0.338 e. The second kappa shape index (κ2) is 14.5. The molecule has 0 aliphatic carbocycles. The van der Waals surface area contributed by atoms with Crippen molar-refractivity contribution in [3.63, 3.8) is 0 Å². The minimum Gasteiger partial charge on any atom is -0.493 e. The third kappa shape index (κ3) is 7.35.